The summed E-state index contributed by atoms with van der Waals surface area (Å²) >= 11 is 0. The minimum Gasteiger partial charge on any atom is -0.379 e. The molecule has 1 aliphatic rings. The van der Waals surface area contributed by atoms with Gasteiger partial charge < -0.3 is 10.1 Å². The fourth-order valence-electron chi connectivity index (χ4n) is 4.43. The van der Waals surface area contributed by atoms with Gasteiger partial charge in [0.1, 0.15) is 5.69 Å². The Balaban J connectivity index is 1.27. The van der Waals surface area contributed by atoms with Crippen molar-refractivity contribution in [3.05, 3.63) is 114 Å². The molecule has 0 saturated carbocycles. The molecule has 188 valence electrons. The van der Waals surface area contributed by atoms with Gasteiger partial charge in [0.25, 0.3) is 0 Å². The molecule has 3 heterocycles. The second-order valence-electron chi connectivity index (χ2n) is 9.07. The second kappa shape index (κ2) is 12.3. The normalized spacial score (nSPS) is 14.2. The van der Waals surface area contributed by atoms with E-state index in [1.807, 2.05) is 59.4 Å². The van der Waals surface area contributed by atoms with E-state index >= 15 is 0 Å². The maximum Gasteiger partial charge on any atom is 0.244 e. The number of nitrogens with one attached hydrogen (secondary N) is 1. The molecule has 1 aliphatic heterocycles. The van der Waals surface area contributed by atoms with Gasteiger partial charge in [0.05, 0.1) is 19.8 Å². The summed E-state index contributed by atoms with van der Waals surface area (Å²) in [7, 11) is 0. The molecule has 7 nitrogen and oxygen atoms in total. The molecule has 0 bridgehead atoms. The molecule has 7 heteroatoms. The number of benzene rings is 2. The molecular formula is C30H31N5O2. The highest BCUT2D eigenvalue weighted by Gasteiger charge is 2.13. The smallest absolute Gasteiger partial charge is 0.244 e. The lowest BCUT2D eigenvalue weighted by molar-refractivity contribution is -0.116. The zero-order valence-corrected chi connectivity index (χ0v) is 20.8. The third-order valence-corrected chi connectivity index (χ3v) is 6.40. The first-order chi connectivity index (χ1) is 18.2. The van der Waals surface area contributed by atoms with Crippen molar-refractivity contribution < 1.29 is 9.53 Å². The quantitative estimate of drug-likeness (QED) is 0.355. The van der Waals surface area contributed by atoms with E-state index < -0.39 is 0 Å². The fourth-order valence-corrected chi connectivity index (χ4v) is 4.43. The molecule has 1 saturated heterocycles. The van der Waals surface area contributed by atoms with Crippen LogP contribution >= 0.6 is 0 Å². The highest BCUT2D eigenvalue weighted by molar-refractivity contribution is 5.92. The zero-order chi connectivity index (χ0) is 25.3. The van der Waals surface area contributed by atoms with E-state index in [1.165, 1.54) is 5.56 Å². The molecule has 4 aromatic rings. The number of morpholine rings is 1. The topological polar surface area (TPSA) is 72.3 Å². The second-order valence-corrected chi connectivity index (χ2v) is 9.07. The summed E-state index contributed by atoms with van der Waals surface area (Å²) in [6, 6.07) is 22.3. The molecule has 0 aliphatic carbocycles. The third kappa shape index (κ3) is 6.78. The van der Waals surface area contributed by atoms with Crippen LogP contribution in [-0.2, 0) is 29.2 Å². The predicted octanol–water partition coefficient (Wildman–Crippen LogP) is 4.16. The number of ether oxygens (including phenoxy) is 1. The fraction of sp³-hybridized carbons (Fsp3) is 0.233. The van der Waals surface area contributed by atoms with Crippen LogP contribution in [0.4, 0.5) is 0 Å². The van der Waals surface area contributed by atoms with Crippen LogP contribution in [-0.4, -0.2) is 51.9 Å². The van der Waals surface area contributed by atoms with Gasteiger partial charge in [-0.3, -0.25) is 19.4 Å². The molecule has 1 N–H and O–H groups in total. The van der Waals surface area contributed by atoms with E-state index in [1.54, 1.807) is 18.5 Å². The van der Waals surface area contributed by atoms with Crippen molar-refractivity contribution in [3.63, 3.8) is 0 Å². The monoisotopic (exact) mass is 493 g/mol. The van der Waals surface area contributed by atoms with Crippen LogP contribution in [0.5, 0.6) is 0 Å². The number of hydrogen-bond acceptors (Lipinski definition) is 5. The van der Waals surface area contributed by atoms with Crippen molar-refractivity contribution in [2.24, 2.45) is 0 Å². The van der Waals surface area contributed by atoms with Gasteiger partial charge in [0.2, 0.25) is 5.91 Å². The summed E-state index contributed by atoms with van der Waals surface area (Å²) in [6.45, 7) is 5.39. The average molecular weight is 494 g/mol. The number of amides is 1. The minimum atomic E-state index is -0.144. The Bertz CT molecular complexity index is 1330. The lowest BCUT2D eigenvalue weighted by atomic mass is 10.1. The Morgan fingerprint density at radius 1 is 0.946 bits per heavy atom. The van der Waals surface area contributed by atoms with Crippen molar-refractivity contribution in [2.45, 2.75) is 19.6 Å². The summed E-state index contributed by atoms with van der Waals surface area (Å²) in [4.78, 5) is 19.4. The summed E-state index contributed by atoms with van der Waals surface area (Å²) in [5, 5.41) is 7.84. The van der Waals surface area contributed by atoms with Crippen LogP contribution in [0.3, 0.4) is 0 Å². The van der Waals surface area contributed by atoms with E-state index in [0.717, 1.165) is 60.8 Å². The van der Waals surface area contributed by atoms with Crippen LogP contribution in [0.15, 0.2) is 91.4 Å². The first kappa shape index (κ1) is 24.6. The number of carbonyl (C=O) groups is 1. The Labute approximate surface area is 217 Å². The van der Waals surface area contributed by atoms with Gasteiger partial charge >= 0.3 is 0 Å². The van der Waals surface area contributed by atoms with Crippen LogP contribution in [0, 0.1) is 0 Å². The van der Waals surface area contributed by atoms with Crippen LogP contribution in [0.25, 0.3) is 17.3 Å². The maximum atomic E-state index is 12.8. The third-order valence-electron chi connectivity index (χ3n) is 6.40. The largest absolute Gasteiger partial charge is 0.379 e. The van der Waals surface area contributed by atoms with E-state index in [4.69, 9.17) is 9.84 Å². The lowest BCUT2D eigenvalue weighted by Crippen LogP contribution is -2.36. The molecule has 37 heavy (non-hydrogen) atoms. The number of aromatic nitrogens is 3. The number of nitrogens with zero attached hydrogens (tertiary/aromatic N) is 4. The van der Waals surface area contributed by atoms with Gasteiger partial charge in [-0.1, -0.05) is 54.6 Å². The molecule has 5 rings (SSSR count). The van der Waals surface area contributed by atoms with E-state index in [-0.39, 0.29) is 5.91 Å². The Hall–Kier alpha value is -4.07. The predicted molar refractivity (Wildman–Crippen MR) is 144 cm³/mol. The summed E-state index contributed by atoms with van der Waals surface area (Å²) in [5.41, 5.74) is 6.09. The minimum absolute atomic E-state index is 0.144. The molecule has 0 radical (unpaired) electrons. The molecule has 2 aromatic carbocycles. The van der Waals surface area contributed by atoms with E-state index in [0.29, 0.717) is 13.1 Å². The first-order valence-electron chi connectivity index (χ1n) is 12.6. The standard InChI is InChI=1S/C30H31N5O2/c36-29(32-20-25-9-4-5-10-27(25)22-34-15-17-37-18-16-34)13-12-28-23-35(21-24-7-2-1-3-8-24)33-30(28)26-11-6-14-31-19-26/h1-14,19,23H,15-18,20-22H2,(H,32,36)/b13-12+. The van der Waals surface area contributed by atoms with Gasteiger partial charge in [0, 0.05) is 62.0 Å². The Kier molecular flexibility index (Phi) is 8.15. The average Bonchev–Trinajstić information content (AvgIpc) is 3.35. The van der Waals surface area contributed by atoms with Crippen LogP contribution in [0.1, 0.15) is 22.3 Å². The summed E-state index contributed by atoms with van der Waals surface area (Å²) in [6.07, 6.45) is 8.90. The van der Waals surface area contributed by atoms with Gasteiger partial charge in [0.15, 0.2) is 0 Å². The molecule has 1 amide bonds. The first-order valence-corrected chi connectivity index (χ1v) is 12.6. The van der Waals surface area contributed by atoms with Crippen molar-refractivity contribution in [1.29, 1.82) is 0 Å². The van der Waals surface area contributed by atoms with Crippen molar-refractivity contribution in [1.82, 2.24) is 25.0 Å². The van der Waals surface area contributed by atoms with E-state index in [2.05, 4.69) is 39.5 Å². The van der Waals surface area contributed by atoms with E-state index in [9.17, 15) is 4.79 Å². The number of pyridine rings is 1. The van der Waals surface area contributed by atoms with Crippen molar-refractivity contribution >= 4 is 12.0 Å². The highest BCUT2D eigenvalue weighted by atomic mass is 16.5. The van der Waals surface area contributed by atoms with Gasteiger partial charge in [-0.05, 0) is 34.9 Å². The molecule has 0 spiro atoms. The molecule has 0 atom stereocenters. The maximum absolute atomic E-state index is 12.8. The van der Waals surface area contributed by atoms with Crippen molar-refractivity contribution in [2.75, 3.05) is 26.3 Å². The van der Waals surface area contributed by atoms with Crippen LogP contribution < -0.4 is 5.32 Å². The van der Waals surface area contributed by atoms with Gasteiger partial charge in [-0.15, -0.1) is 0 Å². The van der Waals surface area contributed by atoms with Gasteiger partial charge in [-0.2, -0.15) is 5.10 Å². The van der Waals surface area contributed by atoms with Crippen LogP contribution in [0.2, 0.25) is 0 Å². The van der Waals surface area contributed by atoms with Crippen molar-refractivity contribution in [3.8, 4) is 11.3 Å². The van der Waals surface area contributed by atoms with Gasteiger partial charge in [-0.25, -0.2) is 0 Å². The Morgan fingerprint density at radius 3 is 2.51 bits per heavy atom. The lowest BCUT2D eigenvalue weighted by Gasteiger charge is -2.27. The highest BCUT2D eigenvalue weighted by Crippen LogP contribution is 2.23. The summed E-state index contributed by atoms with van der Waals surface area (Å²) in [5.74, 6) is -0.144. The zero-order valence-electron chi connectivity index (χ0n) is 20.8. The number of carbonyl (C=O) groups excluding carboxylic acids is 1. The Morgan fingerprint density at radius 2 is 1.73 bits per heavy atom. The molecule has 2 aromatic heterocycles. The molecule has 0 unspecified atom stereocenters. The molecule has 1 fully saturated rings. The number of hydrogen-bond donors (Lipinski definition) is 1. The molecular weight excluding hydrogens is 462 g/mol. The summed E-state index contributed by atoms with van der Waals surface area (Å²) < 4.78 is 7.36. The SMILES string of the molecule is O=C(/C=C/c1cn(Cc2ccccc2)nc1-c1cccnc1)NCc1ccccc1CN1CCOCC1. The number of rotatable bonds is 9.